The zero-order chi connectivity index (χ0) is 20.8. The molecule has 0 atom stereocenters. The van der Waals surface area contributed by atoms with Gasteiger partial charge in [0.15, 0.2) is 11.5 Å². The topological polar surface area (TPSA) is 30.5 Å². The Morgan fingerprint density at radius 2 is 1.59 bits per heavy atom. The van der Waals surface area contributed by atoms with Gasteiger partial charge in [0.1, 0.15) is 6.61 Å². The van der Waals surface area contributed by atoms with E-state index < -0.39 is 0 Å². The van der Waals surface area contributed by atoms with Crippen LogP contribution in [0.15, 0.2) is 54.6 Å². The highest BCUT2D eigenvalue weighted by atomic mass is 127. The van der Waals surface area contributed by atoms with Gasteiger partial charge in [-0.2, -0.15) is 0 Å². The zero-order valence-corrected chi connectivity index (χ0v) is 19.7. The highest BCUT2D eigenvalue weighted by molar-refractivity contribution is 14.1. The van der Waals surface area contributed by atoms with Crippen LogP contribution in [0.4, 0.5) is 5.69 Å². The molecule has 0 bridgehead atoms. The summed E-state index contributed by atoms with van der Waals surface area (Å²) in [6.07, 6.45) is 0. The monoisotopic (exact) mass is 501 g/mol. The number of nitrogens with one attached hydrogen (secondary N) is 1. The van der Waals surface area contributed by atoms with Crippen LogP contribution in [0.25, 0.3) is 0 Å². The first kappa shape index (κ1) is 21.5. The second-order valence-electron chi connectivity index (χ2n) is 7.26. The molecule has 0 fully saturated rings. The molecule has 0 saturated heterocycles. The van der Waals surface area contributed by atoms with Crippen molar-refractivity contribution in [1.29, 1.82) is 0 Å². The minimum Gasteiger partial charge on any atom is -0.490 e. The summed E-state index contributed by atoms with van der Waals surface area (Å²) in [7, 11) is 0. The Balaban J connectivity index is 1.74. The third-order valence-electron chi connectivity index (χ3n) is 4.88. The maximum absolute atomic E-state index is 6.14. The predicted molar refractivity (Wildman–Crippen MR) is 129 cm³/mol. The first-order valence-electron chi connectivity index (χ1n) is 9.91. The Kier molecular flexibility index (Phi) is 7.42. The van der Waals surface area contributed by atoms with Gasteiger partial charge in [0.25, 0.3) is 0 Å². The summed E-state index contributed by atoms with van der Waals surface area (Å²) in [5.41, 5.74) is 7.28. The average molecular weight is 501 g/mol. The van der Waals surface area contributed by atoms with Crippen molar-refractivity contribution < 1.29 is 9.47 Å². The van der Waals surface area contributed by atoms with Crippen LogP contribution in [0.2, 0.25) is 0 Å². The van der Waals surface area contributed by atoms with Gasteiger partial charge >= 0.3 is 0 Å². The van der Waals surface area contributed by atoms with Gasteiger partial charge in [-0.05, 0) is 96.8 Å². The van der Waals surface area contributed by atoms with Crippen LogP contribution in [-0.2, 0) is 13.2 Å². The highest BCUT2D eigenvalue weighted by Crippen LogP contribution is 2.35. The van der Waals surface area contributed by atoms with E-state index in [1.807, 2.05) is 6.92 Å². The number of halogens is 1. The average Bonchev–Trinajstić information content (AvgIpc) is 2.70. The third kappa shape index (κ3) is 5.89. The molecule has 3 aromatic rings. The molecule has 152 valence electrons. The van der Waals surface area contributed by atoms with Crippen molar-refractivity contribution in [3.8, 4) is 11.5 Å². The standard InChI is InChI=1S/C25H28INO2/c1-5-28-24-14-21(15-27-22-11-8-18(3)19(4)12-22)13-23(26)25(24)29-16-20-9-6-17(2)7-10-20/h6-14,27H,5,15-16H2,1-4H3. The van der Waals surface area contributed by atoms with Crippen molar-refractivity contribution in [2.45, 2.75) is 40.8 Å². The molecule has 4 heteroatoms. The van der Waals surface area contributed by atoms with Crippen LogP contribution >= 0.6 is 22.6 Å². The number of ether oxygens (including phenoxy) is 2. The maximum atomic E-state index is 6.14. The molecule has 0 heterocycles. The van der Waals surface area contributed by atoms with E-state index in [9.17, 15) is 0 Å². The van der Waals surface area contributed by atoms with E-state index >= 15 is 0 Å². The SMILES string of the molecule is CCOc1cc(CNc2ccc(C)c(C)c2)cc(I)c1OCc1ccc(C)cc1. The Bertz CT molecular complexity index is 967. The molecule has 1 N–H and O–H groups in total. The number of rotatable bonds is 8. The molecule has 0 aliphatic heterocycles. The number of hydrogen-bond acceptors (Lipinski definition) is 3. The van der Waals surface area contributed by atoms with Crippen molar-refractivity contribution in [1.82, 2.24) is 0 Å². The Hall–Kier alpha value is -2.21. The summed E-state index contributed by atoms with van der Waals surface area (Å²) >= 11 is 2.33. The van der Waals surface area contributed by atoms with Gasteiger partial charge < -0.3 is 14.8 Å². The molecule has 0 radical (unpaired) electrons. The molecule has 3 rings (SSSR count). The lowest BCUT2D eigenvalue weighted by atomic mass is 10.1. The van der Waals surface area contributed by atoms with Crippen molar-refractivity contribution in [3.63, 3.8) is 0 Å². The summed E-state index contributed by atoms with van der Waals surface area (Å²) in [4.78, 5) is 0. The largest absolute Gasteiger partial charge is 0.490 e. The van der Waals surface area contributed by atoms with E-state index in [-0.39, 0.29) is 0 Å². The first-order valence-corrected chi connectivity index (χ1v) is 11.0. The van der Waals surface area contributed by atoms with Gasteiger partial charge in [-0.15, -0.1) is 0 Å². The predicted octanol–water partition coefficient (Wildman–Crippen LogP) is 6.81. The molecule has 0 aliphatic rings. The summed E-state index contributed by atoms with van der Waals surface area (Å²) in [6.45, 7) is 10.2. The van der Waals surface area contributed by atoms with Crippen molar-refractivity contribution in [3.05, 3.63) is 86.0 Å². The van der Waals surface area contributed by atoms with Crippen LogP contribution in [0.1, 0.15) is 34.7 Å². The van der Waals surface area contributed by atoms with E-state index in [0.717, 1.165) is 32.9 Å². The zero-order valence-electron chi connectivity index (χ0n) is 17.5. The van der Waals surface area contributed by atoms with Crippen LogP contribution in [0.5, 0.6) is 11.5 Å². The molecule has 0 saturated carbocycles. The van der Waals surface area contributed by atoms with Gasteiger partial charge in [0.2, 0.25) is 0 Å². The van der Waals surface area contributed by atoms with Crippen molar-refractivity contribution >= 4 is 28.3 Å². The lowest BCUT2D eigenvalue weighted by Gasteiger charge is -2.16. The lowest BCUT2D eigenvalue weighted by molar-refractivity contribution is 0.267. The fraction of sp³-hybridized carbons (Fsp3) is 0.280. The number of aryl methyl sites for hydroxylation is 3. The third-order valence-corrected chi connectivity index (χ3v) is 5.68. The van der Waals surface area contributed by atoms with E-state index in [4.69, 9.17) is 9.47 Å². The second kappa shape index (κ2) is 10.0. The number of hydrogen-bond donors (Lipinski definition) is 1. The maximum Gasteiger partial charge on any atom is 0.174 e. The van der Waals surface area contributed by atoms with Gasteiger partial charge in [0, 0.05) is 12.2 Å². The Morgan fingerprint density at radius 1 is 0.828 bits per heavy atom. The van der Waals surface area contributed by atoms with Crippen molar-refractivity contribution in [2.75, 3.05) is 11.9 Å². The van der Waals surface area contributed by atoms with E-state index in [1.54, 1.807) is 0 Å². The van der Waals surface area contributed by atoms with Gasteiger partial charge in [0.05, 0.1) is 10.2 Å². The molecule has 0 spiro atoms. The van der Waals surface area contributed by atoms with Crippen LogP contribution in [0.3, 0.4) is 0 Å². The summed E-state index contributed by atoms with van der Waals surface area (Å²) in [5, 5.41) is 3.51. The molecule has 3 nitrogen and oxygen atoms in total. The molecule has 0 aromatic heterocycles. The molecule has 3 aromatic carbocycles. The second-order valence-corrected chi connectivity index (χ2v) is 8.43. The van der Waals surface area contributed by atoms with Crippen LogP contribution in [-0.4, -0.2) is 6.61 Å². The summed E-state index contributed by atoms with van der Waals surface area (Å²) in [6, 6.07) is 19.1. The molecule has 29 heavy (non-hydrogen) atoms. The van der Waals surface area contributed by atoms with Gasteiger partial charge in [-0.1, -0.05) is 35.9 Å². The molecule has 0 unspecified atom stereocenters. The normalized spacial score (nSPS) is 10.7. The number of anilines is 1. The quantitative estimate of drug-likeness (QED) is 0.344. The highest BCUT2D eigenvalue weighted by Gasteiger charge is 2.13. The summed E-state index contributed by atoms with van der Waals surface area (Å²) < 4.78 is 13.1. The van der Waals surface area contributed by atoms with E-state index in [1.165, 1.54) is 22.3 Å². The number of benzene rings is 3. The Morgan fingerprint density at radius 3 is 2.28 bits per heavy atom. The van der Waals surface area contributed by atoms with E-state index in [0.29, 0.717) is 13.2 Å². The minimum absolute atomic E-state index is 0.524. The van der Waals surface area contributed by atoms with Crippen molar-refractivity contribution in [2.24, 2.45) is 0 Å². The smallest absolute Gasteiger partial charge is 0.174 e. The lowest BCUT2D eigenvalue weighted by Crippen LogP contribution is -2.05. The molecule has 0 amide bonds. The first-order chi connectivity index (χ1) is 14.0. The Labute approximate surface area is 187 Å². The fourth-order valence-electron chi connectivity index (χ4n) is 3.02. The van der Waals surface area contributed by atoms with Gasteiger partial charge in [-0.25, -0.2) is 0 Å². The van der Waals surface area contributed by atoms with Crippen LogP contribution < -0.4 is 14.8 Å². The molecule has 0 aliphatic carbocycles. The van der Waals surface area contributed by atoms with E-state index in [2.05, 4.69) is 103 Å². The summed E-state index contributed by atoms with van der Waals surface area (Å²) in [5.74, 6) is 1.60. The van der Waals surface area contributed by atoms with Gasteiger partial charge in [-0.3, -0.25) is 0 Å². The fourth-order valence-corrected chi connectivity index (χ4v) is 3.84. The molecular weight excluding hydrogens is 473 g/mol. The van der Waals surface area contributed by atoms with Crippen LogP contribution in [0, 0.1) is 24.3 Å². The molecular formula is C25H28INO2. The minimum atomic E-state index is 0.524.